The minimum Gasteiger partial charge on any atom is -0.369 e. The highest BCUT2D eigenvalue weighted by molar-refractivity contribution is 7.18. The van der Waals surface area contributed by atoms with Crippen LogP contribution in [0.15, 0.2) is 60.7 Å². The van der Waals surface area contributed by atoms with Gasteiger partial charge in [-0.2, -0.15) is 13.2 Å². The largest absolute Gasteiger partial charge is 0.451 e. The number of anilines is 1. The van der Waals surface area contributed by atoms with E-state index < -0.39 is 12.0 Å². The van der Waals surface area contributed by atoms with Gasteiger partial charge in [0.05, 0.1) is 5.39 Å². The number of fused-ring (bicyclic) bond motifs is 1. The summed E-state index contributed by atoms with van der Waals surface area (Å²) in [5.41, 5.74) is 3.52. The molecule has 30 heavy (non-hydrogen) atoms. The first-order valence-corrected chi connectivity index (χ1v) is 10.5. The summed E-state index contributed by atoms with van der Waals surface area (Å²) < 4.78 is 39.4. The van der Waals surface area contributed by atoms with Gasteiger partial charge in [-0.15, -0.1) is 11.3 Å². The zero-order valence-electron chi connectivity index (χ0n) is 16.3. The van der Waals surface area contributed by atoms with Crippen LogP contribution in [0.2, 0.25) is 0 Å². The summed E-state index contributed by atoms with van der Waals surface area (Å²) in [5, 5.41) is 3.71. The minimum atomic E-state index is -4.57. The monoisotopic (exact) mass is 427 g/mol. The molecule has 7 heteroatoms. The molecule has 0 fully saturated rings. The number of thiophene rings is 1. The van der Waals surface area contributed by atoms with E-state index in [1.54, 1.807) is 0 Å². The number of halogens is 3. The second kappa shape index (κ2) is 8.44. The number of nitrogens with zero attached hydrogens (tertiary/aromatic N) is 2. The molecule has 0 unspecified atom stereocenters. The van der Waals surface area contributed by atoms with Crippen LogP contribution in [0.3, 0.4) is 0 Å². The molecule has 0 aliphatic rings. The number of hydrogen-bond acceptors (Lipinski definition) is 4. The van der Waals surface area contributed by atoms with Gasteiger partial charge in [-0.05, 0) is 42.5 Å². The number of rotatable bonds is 6. The maximum Gasteiger partial charge on any atom is 0.451 e. The molecule has 0 aliphatic heterocycles. The zero-order chi connectivity index (χ0) is 21.1. The molecule has 0 bridgehead atoms. The molecule has 0 saturated heterocycles. The molecular formula is C23H20F3N3S. The predicted molar refractivity (Wildman–Crippen MR) is 116 cm³/mol. The first kappa shape index (κ1) is 20.3. The van der Waals surface area contributed by atoms with Gasteiger partial charge in [0.2, 0.25) is 5.82 Å². The summed E-state index contributed by atoms with van der Waals surface area (Å²) in [4.78, 5) is 8.67. The van der Waals surface area contributed by atoms with Gasteiger partial charge in [-0.25, -0.2) is 9.97 Å². The maximum atomic E-state index is 13.1. The number of alkyl halides is 3. The van der Waals surface area contributed by atoms with Gasteiger partial charge in [0.15, 0.2) is 0 Å². The Bertz CT molecular complexity index is 1140. The van der Waals surface area contributed by atoms with Crippen LogP contribution in [0.4, 0.5) is 19.0 Å². The summed E-state index contributed by atoms with van der Waals surface area (Å²) >= 11 is 1.24. The van der Waals surface area contributed by atoms with Crippen molar-refractivity contribution in [3.05, 3.63) is 76.9 Å². The average Bonchev–Trinajstić information content (AvgIpc) is 3.12. The minimum absolute atomic E-state index is 0.246. The fourth-order valence-electron chi connectivity index (χ4n) is 3.30. The van der Waals surface area contributed by atoms with E-state index in [0.717, 1.165) is 23.3 Å². The molecule has 0 aliphatic carbocycles. The van der Waals surface area contributed by atoms with Crippen molar-refractivity contribution in [3.63, 3.8) is 0 Å². The number of aryl methyl sites for hydroxylation is 2. The highest BCUT2D eigenvalue weighted by Crippen LogP contribution is 2.33. The molecule has 154 valence electrons. The third-order valence-corrected chi connectivity index (χ3v) is 5.71. The van der Waals surface area contributed by atoms with E-state index in [9.17, 15) is 13.2 Å². The van der Waals surface area contributed by atoms with E-state index in [1.165, 1.54) is 22.5 Å². The molecule has 1 N–H and O–H groups in total. The van der Waals surface area contributed by atoms with Crippen LogP contribution >= 0.6 is 11.3 Å². The molecule has 0 amide bonds. The van der Waals surface area contributed by atoms with Crippen LogP contribution in [0.25, 0.3) is 21.3 Å². The van der Waals surface area contributed by atoms with Gasteiger partial charge in [0, 0.05) is 11.4 Å². The molecule has 2 heterocycles. The van der Waals surface area contributed by atoms with Gasteiger partial charge in [0.1, 0.15) is 10.6 Å². The standard InChI is InChI=1S/C23H20F3N3S/c1-15-14-19-20(28-22(23(24,25)26)29-21(19)30-15)27-13-5-6-16-9-11-18(12-10-16)17-7-3-2-4-8-17/h2-4,7-12,14H,5-6,13H2,1H3,(H,27,28,29). The number of nitrogens with one attached hydrogen (secondary N) is 1. The number of aromatic nitrogens is 2. The fourth-order valence-corrected chi connectivity index (χ4v) is 4.18. The Labute approximate surface area is 176 Å². The molecule has 3 nitrogen and oxygen atoms in total. The van der Waals surface area contributed by atoms with Crippen molar-refractivity contribution in [3.8, 4) is 11.1 Å². The highest BCUT2D eigenvalue weighted by atomic mass is 32.1. The first-order chi connectivity index (χ1) is 14.4. The summed E-state index contributed by atoms with van der Waals surface area (Å²) in [6, 6.07) is 20.4. The SMILES string of the molecule is Cc1cc2c(NCCCc3ccc(-c4ccccc4)cc3)nc(C(F)(F)F)nc2s1. The Morgan fingerprint density at radius 3 is 2.33 bits per heavy atom. The topological polar surface area (TPSA) is 37.8 Å². The van der Waals surface area contributed by atoms with Crippen molar-refractivity contribution >= 4 is 27.4 Å². The first-order valence-electron chi connectivity index (χ1n) is 9.64. The van der Waals surface area contributed by atoms with Crippen LogP contribution < -0.4 is 5.32 Å². The summed E-state index contributed by atoms with van der Waals surface area (Å²) in [7, 11) is 0. The van der Waals surface area contributed by atoms with Crippen molar-refractivity contribution in [1.29, 1.82) is 0 Å². The summed E-state index contributed by atoms with van der Waals surface area (Å²) in [6.07, 6.45) is -2.96. The van der Waals surface area contributed by atoms with Gasteiger partial charge in [-0.3, -0.25) is 0 Å². The number of hydrogen-bond donors (Lipinski definition) is 1. The molecule has 0 radical (unpaired) electrons. The van der Waals surface area contributed by atoms with Crippen LogP contribution in [0.1, 0.15) is 22.7 Å². The lowest BCUT2D eigenvalue weighted by Gasteiger charge is -2.10. The third-order valence-electron chi connectivity index (χ3n) is 4.77. The normalized spacial score (nSPS) is 11.7. The van der Waals surface area contributed by atoms with Crippen molar-refractivity contribution in [2.24, 2.45) is 0 Å². The Morgan fingerprint density at radius 2 is 1.63 bits per heavy atom. The average molecular weight is 427 g/mol. The lowest BCUT2D eigenvalue weighted by molar-refractivity contribution is -0.144. The van der Waals surface area contributed by atoms with Gasteiger partial charge >= 0.3 is 6.18 Å². The van der Waals surface area contributed by atoms with Crippen molar-refractivity contribution in [2.75, 3.05) is 11.9 Å². The van der Waals surface area contributed by atoms with Gasteiger partial charge < -0.3 is 5.32 Å². The smallest absolute Gasteiger partial charge is 0.369 e. The Kier molecular flexibility index (Phi) is 5.72. The fraction of sp³-hybridized carbons (Fsp3) is 0.217. The second-order valence-electron chi connectivity index (χ2n) is 7.06. The lowest BCUT2D eigenvalue weighted by Crippen LogP contribution is -2.13. The molecule has 4 rings (SSSR count). The predicted octanol–water partition coefficient (Wildman–Crippen LogP) is 6.73. The molecular weight excluding hydrogens is 407 g/mol. The van der Waals surface area contributed by atoms with Crippen molar-refractivity contribution < 1.29 is 13.2 Å². The maximum absolute atomic E-state index is 13.1. The van der Waals surface area contributed by atoms with E-state index in [-0.39, 0.29) is 5.82 Å². The Morgan fingerprint density at radius 1 is 0.933 bits per heavy atom. The van der Waals surface area contributed by atoms with Gasteiger partial charge in [0.25, 0.3) is 0 Å². The van der Waals surface area contributed by atoms with E-state index in [1.807, 2.05) is 31.2 Å². The van der Waals surface area contributed by atoms with Crippen LogP contribution in [-0.2, 0) is 12.6 Å². The van der Waals surface area contributed by atoms with E-state index in [2.05, 4.69) is 51.7 Å². The second-order valence-corrected chi connectivity index (χ2v) is 8.30. The molecule has 0 saturated carbocycles. The molecule has 4 aromatic rings. The highest BCUT2D eigenvalue weighted by Gasteiger charge is 2.35. The number of benzene rings is 2. The van der Waals surface area contributed by atoms with Crippen LogP contribution in [0, 0.1) is 6.92 Å². The quantitative estimate of drug-likeness (QED) is 0.347. The van der Waals surface area contributed by atoms with E-state index in [4.69, 9.17) is 0 Å². The third kappa shape index (κ3) is 4.62. The Balaban J connectivity index is 1.40. The van der Waals surface area contributed by atoms with E-state index in [0.29, 0.717) is 16.8 Å². The lowest BCUT2D eigenvalue weighted by atomic mass is 10.0. The molecule has 0 atom stereocenters. The van der Waals surface area contributed by atoms with Gasteiger partial charge in [-0.1, -0.05) is 54.6 Å². The van der Waals surface area contributed by atoms with Crippen LogP contribution in [0.5, 0.6) is 0 Å². The van der Waals surface area contributed by atoms with Crippen molar-refractivity contribution in [1.82, 2.24) is 9.97 Å². The van der Waals surface area contributed by atoms with Crippen LogP contribution in [-0.4, -0.2) is 16.5 Å². The molecule has 2 aromatic heterocycles. The zero-order valence-corrected chi connectivity index (χ0v) is 17.1. The summed E-state index contributed by atoms with van der Waals surface area (Å²) in [6.45, 7) is 2.38. The summed E-state index contributed by atoms with van der Waals surface area (Å²) in [5.74, 6) is -0.855. The van der Waals surface area contributed by atoms with Crippen molar-refractivity contribution in [2.45, 2.75) is 25.9 Å². The molecule has 0 spiro atoms. The van der Waals surface area contributed by atoms with E-state index >= 15 is 0 Å². The Hall–Kier alpha value is -2.93. The molecule has 2 aromatic carbocycles.